The van der Waals surface area contributed by atoms with Crippen LogP contribution in [-0.2, 0) is 13.0 Å². The molecule has 1 aromatic carbocycles. The van der Waals surface area contributed by atoms with E-state index in [2.05, 4.69) is 14.8 Å². The van der Waals surface area contributed by atoms with Gasteiger partial charge in [0.25, 0.3) is 0 Å². The van der Waals surface area contributed by atoms with Crippen LogP contribution >= 0.6 is 11.8 Å². The Bertz CT molecular complexity index is 766. The maximum absolute atomic E-state index is 12.7. The first kappa shape index (κ1) is 18.6. The average Bonchev–Trinajstić information content (AvgIpc) is 2.90. The zero-order valence-corrected chi connectivity index (χ0v) is 16.1. The van der Waals surface area contributed by atoms with Crippen LogP contribution in [0.3, 0.4) is 0 Å². The van der Waals surface area contributed by atoms with Crippen LogP contribution in [-0.4, -0.2) is 47.6 Å². The van der Waals surface area contributed by atoms with Crippen molar-refractivity contribution in [2.24, 2.45) is 0 Å². The highest BCUT2D eigenvalue weighted by molar-refractivity contribution is 7.99. The molecular formula is C18H23N3O4S. The van der Waals surface area contributed by atoms with Gasteiger partial charge in [-0.1, -0.05) is 18.2 Å². The van der Waals surface area contributed by atoms with Crippen molar-refractivity contribution in [2.45, 2.75) is 37.4 Å². The molecule has 0 saturated heterocycles. The fourth-order valence-corrected chi connectivity index (χ4v) is 3.90. The van der Waals surface area contributed by atoms with Crippen molar-refractivity contribution >= 4 is 17.5 Å². The van der Waals surface area contributed by atoms with Gasteiger partial charge in [0, 0.05) is 18.5 Å². The van der Waals surface area contributed by atoms with Gasteiger partial charge < -0.3 is 18.8 Å². The number of methoxy groups -OCH3 is 3. The van der Waals surface area contributed by atoms with E-state index in [1.807, 2.05) is 0 Å². The predicted octanol–water partition coefficient (Wildman–Crippen LogP) is 3.01. The lowest BCUT2D eigenvalue weighted by atomic mass is 10.1. The number of fused-ring (bicyclic) bond motifs is 1. The predicted molar refractivity (Wildman–Crippen MR) is 98.7 cm³/mol. The van der Waals surface area contributed by atoms with Crippen LogP contribution in [0.2, 0.25) is 0 Å². The van der Waals surface area contributed by atoms with Gasteiger partial charge in [0.05, 0.1) is 27.1 Å². The molecule has 0 aliphatic carbocycles. The maximum Gasteiger partial charge on any atom is 0.203 e. The van der Waals surface area contributed by atoms with Crippen LogP contribution in [0.4, 0.5) is 0 Å². The molecule has 2 aromatic rings. The lowest BCUT2D eigenvalue weighted by Gasteiger charge is -2.13. The summed E-state index contributed by atoms with van der Waals surface area (Å²) in [4.78, 5) is 12.7. The van der Waals surface area contributed by atoms with Gasteiger partial charge in [-0.3, -0.25) is 4.79 Å². The van der Waals surface area contributed by atoms with Crippen LogP contribution in [0.25, 0.3) is 0 Å². The van der Waals surface area contributed by atoms with Gasteiger partial charge in [-0.05, 0) is 25.0 Å². The lowest BCUT2D eigenvalue weighted by Crippen LogP contribution is -2.07. The summed E-state index contributed by atoms with van der Waals surface area (Å²) < 4.78 is 18.1. The number of thioether (sulfide) groups is 1. The number of benzene rings is 1. The molecule has 0 bridgehead atoms. The summed E-state index contributed by atoms with van der Waals surface area (Å²) in [6.45, 7) is 0.920. The third kappa shape index (κ3) is 3.80. The molecular weight excluding hydrogens is 354 g/mol. The normalized spacial score (nSPS) is 13.7. The Kier molecular flexibility index (Phi) is 6.03. The summed E-state index contributed by atoms with van der Waals surface area (Å²) in [5, 5.41) is 9.33. The first-order chi connectivity index (χ1) is 12.7. The largest absolute Gasteiger partial charge is 0.493 e. The van der Waals surface area contributed by atoms with Gasteiger partial charge >= 0.3 is 0 Å². The highest BCUT2D eigenvalue weighted by Crippen LogP contribution is 2.38. The average molecular weight is 377 g/mol. The Balaban J connectivity index is 1.76. The second-order valence-corrected chi connectivity index (χ2v) is 6.93. The van der Waals surface area contributed by atoms with Crippen molar-refractivity contribution in [1.29, 1.82) is 0 Å². The molecule has 1 aromatic heterocycles. The molecule has 0 saturated carbocycles. The fourth-order valence-electron chi connectivity index (χ4n) is 3.02. The van der Waals surface area contributed by atoms with Crippen LogP contribution in [0.1, 0.15) is 35.4 Å². The van der Waals surface area contributed by atoms with Crippen molar-refractivity contribution < 1.29 is 19.0 Å². The molecule has 7 nitrogen and oxygen atoms in total. The Labute approximate surface area is 157 Å². The number of ketones is 1. The minimum absolute atomic E-state index is 0.0276. The van der Waals surface area contributed by atoms with E-state index in [1.54, 1.807) is 12.1 Å². The summed E-state index contributed by atoms with van der Waals surface area (Å²) in [5.74, 6) is 2.68. The van der Waals surface area contributed by atoms with Crippen molar-refractivity contribution in [3.8, 4) is 17.2 Å². The van der Waals surface area contributed by atoms with Crippen LogP contribution in [0.15, 0.2) is 17.3 Å². The molecule has 1 aliphatic heterocycles. The Morgan fingerprint density at radius 1 is 1.08 bits per heavy atom. The minimum Gasteiger partial charge on any atom is -0.493 e. The van der Waals surface area contributed by atoms with E-state index in [9.17, 15) is 4.79 Å². The summed E-state index contributed by atoms with van der Waals surface area (Å²) in [5.41, 5.74) is 0.516. The standard InChI is InChI=1S/C18H23N3O4S/c1-23-14-9-12(10-15(24-2)17(14)25-3)13(22)11-26-18-20-19-16-7-5-4-6-8-21(16)18/h9-10H,4-8,11H2,1-3H3. The SMILES string of the molecule is COc1cc(C(=O)CSc2nnc3n2CCCCC3)cc(OC)c1OC. The summed E-state index contributed by atoms with van der Waals surface area (Å²) in [7, 11) is 4.60. The van der Waals surface area contributed by atoms with E-state index in [4.69, 9.17) is 14.2 Å². The molecule has 0 fully saturated rings. The molecule has 2 heterocycles. The number of rotatable bonds is 7. The molecule has 0 unspecified atom stereocenters. The van der Waals surface area contributed by atoms with E-state index < -0.39 is 0 Å². The summed E-state index contributed by atoms with van der Waals surface area (Å²) in [6.07, 6.45) is 4.43. The second-order valence-electron chi connectivity index (χ2n) is 5.99. The highest BCUT2D eigenvalue weighted by Gasteiger charge is 2.19. The molecule has 0 amide bonds. The fraction of sp³-hybridized carbons (Fsp3) is 0.500. The van der Waals surface area contributed by atoms with Crippen molar-refractivity contribution in [3.63, 3.8) is 0 Å². The Morgan fingerprint density at radius 2 is 1.81 bits per heavy atom. The number of carbonyl (C=O) groups excluding carboxylic acids is 1. The van der Waals surface area contributed by atoms with E-state index in [-0.39, 0.29) is 11.5 Å². The molecule has 0 radical (unpaired) electrons. The minimum atomic E-state index is -0.0276. The Hall–Kier alpha value is -2.22. The highest BCUT2D eigenvalue weighted by atomic mass is 32.2. The molecule has 26 heavy (non-hydrogen) atoms. The van der Waals surface area contributed by atoms with Crippen molar-refractivity contribution in [1.82, 2.24) is 14.8 Å². The molecule has 0 atom stereocenters. The van der Waals surface area contributed by atoms with Crippen LogP contribution in [0, 0.1) is 0 Å². The van der Waals surface area contributed by atoms with Gasteiger partial charge in [-0.2, -0.15) is 0 Å². The zero-order valence-electron chi connectivity index (χ0n) is 15.3. The molecule has 3 rings (SSSR count). The van der Waals surface area contributed by atoms with Gasteiger partial charge in [-0.15, -0.1) is 10.2 Å². The van der Waals surface area contributed by atoms with Gasteiger partial charge in [0.1, 0.15) is 5.82 Å². The smallest absolute Gasteiger partial charge is 0.203 e. The third-order valence-corrected chi connectivity index (χ3v) is 5.36. The van der Waals surface area contributed by atoms with Gasteiger partial charge in [0.15, 0.2) is 22.4 Å². The summed E-state index contributed by atoms with van der Waals surface area (Å²) >= 11 is 1.42. The Morgan fingerprint density at radius 3 is 2.46 bits per heavy atom. The van der Waals surface area contributed by atoms with Crippen molar-refractivity contribution in [3.05, 3.63) is 23.5 Å². The quantitative estimate of drug-likeness (QED) is 0.542. The van der Waals surface area contributed by atoms with Gasteiger partial charge in [0.2, 0.25) is 5.75 Å². The molecule has 1 aliphatic rings. The number of carbonyl (C=O) groups is 1. The number of aromatic nitrogens is 3. The van der Waals surface area contributed by atoms with E-state index >= 15 is 0 Å². The second kappa shape index (κ2) is 8.44. The van der Waals surface area contributed by atoms with Crippen LogP contribution < -0.4 is 14.2 Å². The monoisotopic (exact) mass is 377 g/mol. The van der Waals surface area contributed by atoms with E-state index in [0.717, 1.165) is 36.8 Å². The van der Waals surface area contributed by atoms with Crippen LogP contribution in [0.5, 0.6) is 17.2 Å². The van der Waals surface area contributed by atoms with Crippen molar-refractivity contribution in [2.75, 3.05) is 27.1 Å². The molecule has 8 heteroatoms. The summed E-state index contributed by atoms with van der Waals surface area (Å²) in [6, 6.07) is 3.35. The van der Waals surface area contributed by atoms with Gasteiger partial charge in [-0.25, -0.2) is 0 Å². The number of nitrogens with zero attached hydrogens (tertiary/aromatic N) is 3. The number of ether oxygens (including phenoxy) is 3. The zero-order chi connectivity index (χ0) is 18.5. The number of Topliss-reactive ketones (excluding diaryl/α,β-unsaturated/α-hetero) is 1. The lowest BCUT2D eigenvalue weighted by molar-refractivity contribution is 0.102. The van der Waals surface area contributed by atoms with E-state index in [0.29, 0.717) is 22.8 Å². The number of aryl methyl sites for hydroxylation is 1. The number of hydrogen-bond acceptors (Lipinski definition) is 7. The third-order valence-electron chi connectivity index (χ3n) is 4.39. The topological polar surface area (TPSA) is 75.5 Å². The first-order valence-electron chi connectivity index (χ1n) is 8.56. The molecule has 140 valence electrons. The molecule has 0 spiro atoms. The van der Waals surface area contributed by atoms with E-state index in [1.165, 1.54) is 39.5 Å². The number of hydrogen-bond donors (Lipinski definition) is 0. The molecule has 0 N–H and O–H groups in total. The first-order valence-corrected chi connectivity index (χ1v) is 9.54. The maximum atomic E-state index is 12.7.